The summed E-state index contributed by atoms with van der Waals surface area (Å²) in [6, 6.07) is 4.55. The molecule has 1 aliphatic rings. The quantitative estimate of drug-likeness (QED) is 0.845. The number of halogens is 3. The van der Waals surface area contributed by atoms with Gasteiger partial charge in [-0.05, 0) is 25.0 Å². The van der Waals surface area contributed by atoms with Crippen LogP contribution in [0.25, 0.3) is 0 Å². The molecule has 1 unspecified atom stereocenters. The van der Waals surface area contributed by atoms with Crippen molar-refractivity contribution in [2.45, 2.75) is 24.9 Å². The lowest BCUT2D eigenvalue weighted by Gasteiger charge is -2.31. The predicted octanol–water partition coefficient (Wildman–Crippen LogP) is 3.52. The number of benzene rings is 1. The summed E-state index contributed by atoms with van der Waals surface area (Å²) < 4.78 is 53.0. The number of ether oxygens (including phenoxy) is 2. The molecule has 2 aromatic rings. The normalized spacial score (nSPS) is 17.3. The molecular formula is C17H19F3N4O4. The highest BCUT2D eigenvalue weighted by molar-refractivity contribution is 5.89. The molecule has 0 bridgehead atoms. The van der Waals surface area contributed by atoms with Crippen LogP contribution in [0.15, 0.2) is 22.6 Å². The van der Waals surface area contributed by atoms with E-state index in [1.54, 1.807) is 18.2 Å². The fourth-order valence-corrected chi connectivity index (χ4v) is 2.99. The van der Waals surface area contributed by atoms with Gasteiger partial charge in [0.05, 0.1) is 20.1 Å². The van der Waals surface area contributed by atoms with E-state index in [-0.39, 0.29) is 18.5 Å². The van der Waals surface area contributed by atoms with Crippen LogP contribution >= 0.6 is 0 Å². The predicted molar refractivity (Wildman–Crippen MR) is 91.4 cm³/mol. The number of urea groups is 1. The fraction of sp³-hybridized carbons (Fsp3) is 0.471. The average molecular weight is 400 g/mol. The van der Waals surface area contributed by atoms with Crippen LogP contribution < -0.4 is 14.8 Å². The van der Waals surface area contributed by atoms with Crippen molar-refractivity contribution in [3.63, 3.8) is 0 Å². The third kappa shape index (κ3) is 4.29. The number of piperidine rings is 1. The van der Waals surface area contributed by atoms with Crippen molar-refractivity contribution in [1.29, 1.82) is 0 Å². The van der Waals surface area contributed by atoms with Crippen LogP contribution in [0.3, 0.4) is 0 Å². The molecule has 1 aromatic carbocycles. The second kappa shape index (κ2) is 7.95. The summed E-state index contributed by atoms with van der Waals surface area (Å²) in [5.41, 5.74) is 0.502. The Kier molecular flexibility index (Phi) is 5.61. The largest absolute Gasteiger partial charge is 0.493 e. The van der Waals surface area contributed by atoms with Gasteiger partial charge in [0, 0.05) is 24.8 Å². The van der Waals surface area contributed by atoms with Gasteiger partial charge in [-0.1, -0.05) is 0 Å². The number of methoxy groups -OCH3 is 2. The molecule has 0 spiro atoms. The standard InChI is InChI=1S/C17H19F3N4O4/c1-26-12-6-5-11(8-13(12)27-2)21-16(25)24-7-3-4-10(9-24)14-22-23-15(28-14)17(18,19)20/h5-6,8,10H,3-4,7,9H2,1-2H3,(H,21,25). The van der Waals surface area contributed by atoms with Crippen LogP contribution in [0.2, 0.25) is 0 Å². The zero-order valence-corrected chi connectivity index (χ0v) is 15.2. The van der Waals surface area contributed by atoms with Crippen LogP contribution in [0.4, 0.5) is 23.7 Å². The minimum absolute atomic E-state index is 0.115. The van der Waals surface area contributed by atoms with Gasteiger partial charge in [0.1, 0.15) is 0 Å². The summed E-state index contributed by atoms with van der Waals surface area (Å²) in [4.78, 5) is 14.1. The molecule has 3 rings (SSSR count). The van der Waals surface area contributed by atoms with Gasteiger partial charge in [-0.15, -0.1) is 10.2 Å². The summed E-state index contributed by atoms with van der Waals surface area (Å²) in [6.45, 7) is 0.647. The third-order valence-electron chi connectivity index (χ3n) is 4.38. The van der Waals surface area contributed by atoms with Gasteiger partial charge in [0.25, 0.3) is 0 Å². The van der Waals surface area contributed by atoms with E-state index in [0.717, 1.165) is 0 Å². The average Bonchev–Trinajstić information content (AvgIpc) is 3.19. The molecule has 28 heavy (non-hydrogen) atoms. The van der Waals surface area contributed by atoms with Crippen molar-refractivity contribution < 1.29 is 31.9 Å². The highest BCUT2D eigenvalue weighted by atomic mass is 19.4. The summed E-state index contributed by atoms with van der Waals surface area (Å²) in [5, 5.41) is 9.29. The van der Waals surface area contributed by atoms with Gasteiger partial charge in [0.2, 0.25) is 5.89 Å². The minimum atomic E-state index is -4.69. The van der Waals surface area contributed by atoms with Gasteiger partial charge >= 0.3 is 18.1 Å². The lowest BCUT2D eigenvalue weighted by atomic mass is 9.98. The van der Waals surface area contributed by atoms with Gasteiger partial charge in [-0.2, -0.15) is 13.2 Å². The van der Waals surface area contributed by atoms with Crippen LogP contribution in [0, 0.1) is 0 Å². The number of anilines is 1. The van der Waals surface area contributed by atoms with Gasteiger partial charge in [-0.25, -0.2) is 4.79 Å². The maximum absolute atomic E-state index is 12.6. The Morgan fingerprint density at radius 1 is 1.25 bits per heavy atom. The van der Waals surface area contributed by atoms with Crippen molar-refractivity contribution in [2.75, 3.05) is 32.6 Å². The summed E-state index contributed by atoms with van der Waals surface area (Å²) in [5.74, 6) is -0.961. The number of carbonyl (C=O) groups is 1. The Bertz CT molecular complexity index is 840. The maximum atomic E-state index is 12.6. The molecule has 2 heterocycles. The van der Waals surface area contributed by atoms with Crippen molar-refractivity contribution in [1.82, 2.24) is 15.1 Å². The molecule has 0 aliphatic carbocycles. The molecule has 0 radical (unpaired) electrons. The Hall–Kier alpha value is -2.98. The number of nitrogens with one attached hydrogen (secondary N) is 1. The number of hydrogen-bond donors (Lipinski definition) is 1. The molecule has 1 fully saturated rings. The minimum Gasteiger partial charge on any atom is -0.493 e. The molecule has 1 saturated heterocycles. The lowest BCUT2D eigenvalue weighted by Crippen LogP contribution is -2.41. The van der Waals surface area contributed by atoms with E-state index >= 15 is 0 Å². The Balaban J connectivity index is 1.67. The first-order valence-electron chi connectivity index (χ1n) is 8.50. The van der Waals surface area contributed by atoms with E-state index in [9.17, 15) is 18.0 Å². The van der Waals surface area contributed by atoms with E-state index in [1.165, 1.54) is 19.1 Å². The zero-order chi connectivity index (χ0) is 20.3. The number of carbonyl (C=O) groups excluding carboxylic acids is 1. The fourth-order valence-electron chi connectivity index (χ4n) is 2.99. The Morgan fingerprint density at radius 2 is 2.00 bits per heavy atom. The van der Waals surface area contributed by atoms with Crippen LogP contribution in [-0.2, 0) is 6.18 Å². The van der Waals surface area contributed by atoms with Crippen molar-refractivity contribution in [3.8, 4) is 11.5 Å². The third-order valence-corrected chi connectivity index (χ3v) is 4.38. The molecule has 152 valence electrons. The number of hydrogen-bond acceptors (Lipinski definition) is 6. The number of likely N-dealkylation sites (tertiary alicyclic amines) is 1. The SMILES string of the molecule is COc1ccc(NC(=O)N2CCCC(c3nnc(C(F)(F)F)o3)C2)cc1OC. The number of alkyl halides is 3. The van der Waals surface area contributed by atoms with Gasteiger partial charge < -0.3 is 24.1 Å². The Labute approximate surface area is 158 Å². The van der Waals surface area contributed by atoms with E-state index in [0.29, 0.717) is 36.6 Å². The smallest absolute Gasteiger partial charge is 0.470 e. The van der Waals surface area contributed by atoms with E-state index < -0.39 is 18.0 Å². The van der Waals surface area contributed by atoms with Gasteiger partial charge in [0.15, 0.2) is 11.5 Å². The van der Waals surface area contributed by atoms with E-state index in [4.69, 9.17) is 13.9 Å². The van der Waals surface area contributed by atoms with Gasteiger partial charge in [-0.3, -0.25) is 0 Å². The summed E-state index contributed by atoms with van der Waals surface area (Å²) in [6.07, 6.45) is -3.53. The van der Waals surface area contributed by atoms with Crippen LogP contribution in [0.5, 0.6) is 11.5 Å². The second-order valence-electron chi connectivity index (χ2n) is 6.23. The van der Waals surface area contributed by atoms with Crippen LogP contribution in [-0.4, -0.2) is 48.4 Å². The molecule has 0 saturated carbocycles. The number of rotatable bonds is 4. The number of amides is 2. The zero-order valence-electron chi connectivity index (χ0n) is 15.2. The summed E-state index contributed by atoms with van der Waals surface area (Å²) in [7, 11) is 2.99. The van der Waals surface area contributed by atoms with E-state index in [1.807, 2.05) is 0 Å². The first-order chi connectivity index (χ1) is 13.3. The highest BCUT2D eigenvalue weighted by Crippen LogP contribution is 2.33. The molecule has 8 nitrogen and oxygen atoms in total. The maximum Gasteiger partial charge on any atom is 0.470 e. The molecule has 2 amide bonds. The van der Waals surface area contributed by atoms with Crippen molar-refractivity contribution >= 4 is 11.7 Å². The molecule has 1 aromatic heterocycles. The number of nitrogens with zero attached hydrogens (tertiary/aromatic N) is 3. The summed E-state index contributed by atoms with van der Waals surface area (Å²) >= 11 is 0. The second-order valence-corrected chi connectivity index (χ2v) is 6.23. The first-order valence-corrected chi connectivity index (χ1v) is 8.50. The lowest BCUT2D eigenvalue weighted by molar-refractivity contribution is -0.157. The molecule has 1 N–H and O–H groups in total. The highest BCUT2D eigenvalue weighted by Gasteiger charge is 2.39. The van der Waals surface area contributed by atoms with Crippen molar-refractivity contribution in [3.05, 3.63) is 30.0 Å². The molecule has 11 heteroatoms. The number of aromatic nitrogens is 2. The molecule has 1 atom stereocenters. The monoisotopic (exact) mass is 400 g/mol. The Morgan fingerprint density at radius 3 is 2.64 bits per heavy atom. The molecule has 1 aliphatic heterocycles. The van der Waals surface area contributed by atoms with Crippen molar-refractivity contribution in [2.24, 2.45) is 0 Å². The topological polar surface area (TPSA) is 89.7 Å². The first kappa shape index (κ1) is 19.8. The molecular weight excluding hydrogens is 381 g/mol. The van der Waals surface area contributed by atoms with E-state index in [2.05, 4.69) is 15.5 Å². The van der Waals surface area contributed by atoms with Crippen LogP contribution in [0.1, 0.15) is 30.5 Å².